The molecule has 2 heteroatoms. The highest BCUT2D eigenvalue weighted by Gasteiger charge is 2.09. The fraction of sp³-hybridized carbons (Fsp3) is 0.500. The number of methoxy groups -OCH3 is 1. The van der Waals surface area contributed by atoms with E-state index in [0.717, 1.165) is 26.0 Å². The van der Waals surface area contributed by atoms with Crippen LogP contribution in [0.2, 0.25) is 0 Å². The molecule has 14 heavy (non-hydrogen) atoms. The fourth-order valence-electron chi connectivity index (χ4n) is 1.93. The van der Waals surface area contributed by atoms with Crippen molar-refractivity contribution >= 4 is 5.69 Å². The van der Waals surface area contributed by atoms with Crippen molar-refractivity contribution in [2.75, 3.05) is 25.6 Å². The summed E-state index contributed by atoms with van der Waals surface area (Å²) in [5, 5.41) is 3.37. The van der Waals surface area contributed by atoms with Crippen molar-refractivity contribution in [3.63, 3.8) is 0 Å². The van der Waals surface area contributed by atoms with Crippen LogP contribution >= 0.6 is 0 Å². The van der Waals surface area contributed by atoms with Gasteiger partial charge in [0.1, 0.15) is 0 Å². The molecule has 0 aromatic heterocycles. The number of benzene rings is 1. The summed E-state index contributed by atoms with van der Waals surface area (Å²) >= 11 is 0. The van der Waals surface area contributed by atoms with Gasteiger partial charge in [0.2, 0.25) is 0 Å². The van der Waals surface area contributed by atoms with E-state index in [1.165, 1.54) is 23.2 Å². The average molecular weight is 191 g/mol. The first kappa shape index (κ1) is 9.53. The average Bonchev–Trinajstić information content (AvgIpc) is 2.65. The van der Waals surface area contributed by atoms with Crippen molar-refractivity contribution in [1.29, 1.82) is 0 Å². The van der Waals surface area contributed by atoms with Gasteiger partial charge in [0, 0.05) is 25.9 Å². The number of hydrogen-bond acceptors (Lipinski definition) is 2. The highest BCUT2D eigenvalue weighted by atomic mass is 16.5. The third kappa shape index (κ3) is 2.07. The van der Waals surface area contributed by atoms with Crippen molar-refractivity contribution in [3.05, 3.63) is 29.3 Å². The molecule has 2 rings (SSSR count). The van der Waals surface area contributed by atoms with Gasteiger partial charge in [-0.15, -0.1) is 0 Å². The summed E-state index contributed by atoms with van der Waals surface area (Å²) in [6.07, 6.45) is 3.41. The van der Waals surface area contributed by atoms with Crippen LogP contribution in [0.3, 0.4) is 0 Å². The number of ether oxygens (including phenoxy) is 1. The second-order valence-electron chi connectivity index (χ2n) is 3.76. The fourth-order valence-corrected chi connectivity index (χ4v) is 1.93. The predicted octanol–water partition coefficient (Wildman–Crippen LogP) is 2.23. The van der Waals surface area contributed by atoms with E-state index >= 15 is 0 Å². The van der Waals surface area contributed by atoms with Gasteiger partial charge in [0.15, 0.2) is 0 Å². The third-order valence-corrected chi connectivity index (χ3v) is 2.69. The molecule has 0 aliphatic carbocycles. The van der Waals surface area contributed by atoms with Crippen LogP contribution < -0.4 is 5.32 Å². The van der Waals surface area contributed by atoms with E-state index < -0.39 is 0 Å². The quantitative estimate of drug-likeness (QED) is 0.737. The lowest BCUT2D eigenvalue weighted by molar-refractivity contribution is 0.195. The molecule has 0 fully saturated rings. The molecule has 0 bridgehead atoms. The standard InChI is InChI=1S/C12H17NO/c1-14-8-2-3-10-4-5-12-11(9-10)6-7-13-12/h4-5,9,13H,2-3,6-8H2,1H3. The van der Waals surface area contributed by atoms with Crippen LogP contribution in [-0.2, 0) is 17.6 Å². The van der Waals surface area contributed by atoms with Crippen molar-refractivity contribution < 1.29 is 4.74 Å². The molecule has 0 radical (unpaired) electrons. The molecule has 1 aliphatic heterocycles. The van der Waals surface area contributed by atoms with Crippen molar-refractivity contribution in [3.8, 4) is 0 Å². The minimum Gasteiger partial charge on any atom is -0.385 e. The summed E-state index contributed by atoms with van der Waals surface area (Å²) < 4.78 is 5.04. The zero-order valence-electron chi connectivity index (χ0n) is 8.68. The smallest absolute Gasteiger partial charge is 0.0465 e. The molecule has 1 heterocycles. The van der Waals surface area contributed by atoms with Crippen LogP contribution in [0.25, 0.3) is 0 Å². The maximum Gasteiger partial charge on any atom is 0.0465 e. The Labute approximate surface area is 85.3 Å². The molecule has 0 atom stereocenters. The first-order valence-corrected chi connectivity index (χ1v) is 5.25. The highest BCUT2D eigenvalue weighted by molar-refractivity contribution is 5.56. The van der Waals surface area contributed by atoms with Gasteiger partial charge >= 0.3 is 0 Å². The maximum atomic E-state index is 5.04. The molecule has 1 N–H and O–H groups in total. The van der Waals surface area contributed by atoms with Gasteiger partial charge in [-0.2, -0.15) is 0 Å². The summed E-state index contributed by atoms with van der Waals surface area (Å²) in [5.74, 6) is 0. The lowest BCUT2D eigenvalue weighted by atomic mass is 10.0. The van der Waals surface area contributed by atoms with Crippen LogP contribution in [0.5, 0.6) is 0 Å². The first-order valence-electron chi connectivity index (χ1n) is 5.25. The van der Waals surface area contributed by atoms with Crippen LogP contribution in [0.4, 0.5) is 5.69 Å². The molecule has 1 aromatic carbocycles. The van der Waals surface area contributed by atoms with Crippen LogP contribution in [0.15, 0.2) is 18.2 Å². The van der Waals surface area contributed by atoms with Crippen LogP contribution in [-0.4, -0.2) is 20.3 Å². The Morgan fingerprint density at radius 1 is 1.43 bits per heavy atom. The van der Waals surface area contributed by atoms with E-state index in [2.05, 4.69) is 23.5 Å². The van der Waals surface area contributed by atoms with Crippen molar-refractivity contribution in [1.82, 2.24) is 0 Å². The van der Waals surface area contributed by atoms with Gasteiger partial charge in [-0.1, -0.05) is 12.1 Å². The van der Waals surface area contributed by atoms with Gasteiger partial charge < -0.3 is 10.1 Å². The van der Waals surface area contributed by atoms with Crippen LogP contribution in [0, 0.1) is 0 Å². The zero-order chi connectivity index (χ0) is 9.80. The number of hydrogen-bond donors (Lipinski definition) is 1. The Morgan fingerprint density at radius 3 is 3.21 bits per heavy atom. The molecule has 0 spiro atoms. The second-order valence-corrected chi connectivity index (χ2v) is 3.76. The van der Waals surface area contributed by atoms with E-state index in [4.69, 9.17) is 4.74 Å². The number of anilines is 1. The molecular weight excluding hydrogens is 174 g/mol. The Bertz CT molecular complexity index is 309. The molecule has 0 saturated heterocycles. The predicted molar refractivity (Wildman–Crippen MR) is 58.8 cm³/mol. The molecular formula is C12H17NO. The third-order valence-electron chi connectivity index (χ3n) is 2.69. The van der Waals surface area contributed by atoms with E-state index in [9.17, 15) is 0 Å². The lowest BCUT2D eigenvalue weighted by Crippen LogP contribution is -1.93. The summed E-state index contributed by atoms with van der Waals surface area (Å²) in [5.41, 5.74) is 4.23. The summed E-state index contributed by atoms with van der Waals surface area (Å²) in [6.45, 7) is 1.95. The summed E-state index contributed by atoms with van der Waals surface area (Å²) in [6, 6.07) is 6.74. The zero-order valence-corrected chi connectivity index (χ0v) is 8.68. The molecule has 2 nitrogen and oxygen atoms in total. The minimum atomic E-state index is 0.856. The molecule has 1 aromatic rings. The SMILES string of the molecule is COCCCc1ccc2c(c1)CCN2. The molecule has 0 amide bonds. The number of fused-ring (bicyclic) bond motifs is 1. The lowest BCUT2D eigenvalue weighted by Gasteiger charge is -2.04. The Balaban J connectivity index is 1.98. The molecule has 1 aliphatic rings. The number of aryl methyl sites for hydroxylation is 1. The summed E-state index contributed by atoms with van der Waals surface area (Å²) in [7, 11) is 1.76. The first-order chi connectivity index (χ1) is 6.90. The van der Waals surface area contributed by atoms with Crippen molar-refractivity contribution in [2.45, 2.75) is 19.3 Å². The normalized spacial score (nSPS) is 13.8. The number of rotatable bonds is 4. The molecule has 0 saturated carbocycles. The second kappa shape index (κ2) is 4.47. The monoisotopic (exact) mass is 191 g/mol. The van der Waals surface area contributed by atoms with E-state index in [1.807, 2.05) is 0 Å². The molecule has 0 unspecified atom stereocenters. The van der Waals surface area contributed by atoms with Gasteiger partial charge in [-0.05, 0) is 36.5 Å². The van der Waals surface area contributed by atoms with E-state index in [-0.39, 0.29) is 0 Å². The van der Waals surface area contributed by atoms with Gasteiger partial charge in [-0.3, -0.25) is 0 Å². The van der Waals surface area contributed by atoms with E-state index in [0.29, 0.717) is 0 Å². The van der Waals surface area contributed by atoms with Gasteiger partial charge in [0.25, 0.3) is 0 Å². The van der Waals surface area contributed by atoms with Crippen LogP contribution in [0.1, 0.15) is 17.5 Å². The number of nitrogens with one attached hydrogen (secondary N) is 1. The minimum absolute atomic E-state index is 0.856. The Morgan fingerprint density at radius 2 is 2.36 bits per heavy atom. The van der Waals surface area contributed by atoms with E-state index in [1.54, 1.807) is 7.11 Å². The largest absolute Gasteiger partial charge is 0.385 e. The highest BCUT2D eigenvalue weighted by Crippen LogP contribution is 2.23. The summed E-state index contributed by atoms with van der Waals surface area (Å²) in [4.78, 5) is 0. The Kier molecular flexibility index (Phi) is 3.04. The maximum absolute atomic E-state index is 5.04. The van der Waals surface area contributed by atoms with Crippen molar-refractivity contribution in [2.24, 2.45) is 0 Å². The van der Waals surface area contributed by atoms with Gasteiger partial charge in [-0.25, -0.2) is 0 Å². The Hall–Kier alpha value is -1.02. The topological polar surface area (TPSA) is 21.3 Å². The molecule has 76 valence electrons. The van der Waals surface area contributed by atoms with Gasteiger partial charge in [0.05, 0.1) is 0 Å².